The van der Waals surface area contributed by atoms with Crippen molar-refractivity contribution in [2.75, 3.05) is 11.9 Å². The zero-order valence-electron chi connectivity index (χ0n) is 18.2. The summed E-state index contributed by atoms with van der Waals surface area (Å²) in [6.45, 7) is 3.94. The van der Waals surface area contributed by atoms with Crippen molar-refractivity contribution in [1.29, 1.82) is 0 Å². The topological polar surface area (TPSA) is 73.2 Å². The third-order valence-corrected chi connectivity index (χ3v) is 4.97. The Morgan fingerprint density at radius 1 is 1.00 bits per heavy atom. The number of hydrogen-bond donors (Lipinski definition) is 1. The first kappa shape index (κ1) is 22.0. The van der Waals surface area contributed by atoms with Crippen LogP contribution in [-0.2, 0) is 4.74 Å². The molecular weight excluding hydrogens is 421 g/mol. The third kappa shape index (κ3) is 4.82. The van der Waals surface area contributed by atoms with Gasteiger partial charge in [0.05, 0.1) is 23.6 Å². The lowest BCUT2D eigenvalue weighted by Crippen LogP contribution is -2.13. The number of ether oxygens (including phenoxy) is 1. The van der Waals surface area contributed by atoms with Gasteiger partial charge in [-0.2, -0.15) is 5.10 Å². The van der Waals surface area contributed by atoms with E-state index in [1.54, 1.807) is 41.9 Å². The van der Waals surface area contributed by atoms with Crippen molar-refractivity contribution in [3.63, 3.8) is 0 Å². The van der Waals surface area contributed by atoms with Gasteiger partial charge in [-0.3, -0.25) is 4.79 Å². The van der Waals surface area contributed by atoms with Crippen LogP contribution >= 0.6 is 0 Å². The van der Waals surface area contributed by atoms with Crippen LogP contribution < -0.4 is 5.32 Å². The number of anilines is 1. The predicted molar refractivity (Wildman–Crippen MR) is 124 cm³/mol. The predicted octanol–water partition coefficient (Wildman–Crippen LogP) is 5.42. The summed E-state index contributed by atoms with van der Waals surface area (Å²) in [5, 5.41) is 7.20. The molecule has 3 aromatic carbocycles. The molecule has 166 valence electrons. The average Bonchev–Trinajstić information content (AvgIpc) is 3.25. The quantitative estimate of drug-likeness (QED) is 0.404. The van der Waals surface area contributed by atoms with Gasteiger partial charge in [0, 0.05) is 11.3 Å². The first-order valence-electron chi connectivity index (χ1n) is 10.5. The van der Waals surface area contributed by atoms with Crippen molar-refractivity contribution in [1.82, 2.24) is 9.78 Å². The number of amides is 1. The van der Waals surface area contributed by atoms with Crippen LogP contribution in [-0.4, -0.2) is 28.3 Å². The molecule has 33 heavy (non-hydrogen) atoms. The molecule has 0 radical (unpaired) electrons. The number of benzene rings is 3. The van der Waals surface area contributed by atoms with Crippen molar-refractivity contribution < 1.29 is 18.7 Å². The second-order valence-corrected chi connectivity index (χ2v) is 7.40. The Hall–Kier alpha value is -4.26. The number of carbonyl (C=O) groups is 2. The first-order valence-corrected chi connectivity index (χ1v) is 10.5. The molecule has 7 heteroatoms. The fraction of sp³-hybridized carbons (Fsp3) is 0.115. The van der Waals surface area contributed by atoms with E-state index in [1.807, 2.05) is 37.3 Å². The number of nitrogens with zero attached hydrogens (tertiary/aromatic N) is 2. The summed E-state index contributed by atoms with van der Waals surface area (Å²) in [5.41, 5.74) is 3.79. The molecule has 0 aliphatic heterocycles. The Kier molecular flexibility index (Phi) is 6.31. The third-order valence-electron chi connectivity index (χ3n) is 4.97. The Balaban J connectivity index is 1.73. The number of hydrogen-bond acceptors (Lipinski definition) is 4. The standard InChI is InChI=1S/C26H22FN3O3/c1-3-33-26(32)23-16-24(30(29-23)20-11-6-8-17(2)14-20)18-9-7-10-19(15-18)28-25(31)21-12-4-5-13-22(21)27/h4-16H,3H2,1-2H3,(H,28,31). The highest BCUT2D eigenvalue weighted by Crippen LogP contribution is 2.27. The second kappa shape index (κ2) is 9.48. The number of halogens is 1. The van der Waals surface area contributed by atoms with Gasteiger partial charge in [-0.05, 0) is 61.9 Å². The van der Waals surface area contributed by atoms with Crippen LogP contribution in [0, 0.1) is 12.7 Å². The highest BCUT2D eigenvalue weighted by atomic mass is 19.1. The minimum Gasteiger partial charge on any atom is -0.461 e. The maximum atomic E-state index is 14.0. The van der Waals surface area contributed by atoms with Crippen molar-refractivity contribution in [3.05, 3.63) is 102 Å². The maximum absolute atomic E-state index is 14.0. The van der Waals surface area contributed by atoms with E-state index in [1.165, 1.54) is 18.2 Å². The lowest BCUT2D eigenvalue weighted by atomic mass is 10.1. The molecule has 1 N–H and O–H groups in total. The van der Waals surface area contributed by atoms with Crippen molar-refractivity contribution in [2.24, 2.45) is 0 Å². The van der Waals surface area contributed by atoms with Crippen molar-refractivity contribution >= 4 is 17.6 Å². The minimum absolute atomic E-state index is 0.0442. The highest BCUT2D eigenvalue weighted by Gasteiger charge is 2.18. The van der Waals surface area contributed by atoms with Crippen molar-refractivity contribution in [2.45, 2.75) is 13.8 Å². The molecule has 4 rings (SSSR count). The van der Waals surface area contributed by atoms with Gasteiger partial charge in [0.25, 0.3) is 5.91 Å². The summed E-state index contributed by atoms with van der Waals surface area (Å²) in [4.78, 5) is 24.9. The molecule has 0 fully saturated rings. The normalized spacial score (nSPS) is 10.6. The van der Waals surface area contributed by atoms with E-state index in [0.717, 1.165) is 11.3 Å². The molecular formula is C26H22FN3O3. The number of nitrogens with one attached hydrogen (secondary N) is 1. The molecule has 0 aliphatic carbocycles. The summed E-state index contributed by atoms with van der Waals surface area (Å²) < 4.78 is 20.8. The summed E-state index contributed by atoms with van der Waals surface area (Å²) in [7, 11) is 0. The van der Waals surface area contributed by atoms with Gasteiger partial charge < -0.3 is 10.1 Å². The molecule has 0 unspecified atom stereocenters. The van der Waals surface area contributed by atoms with Crippen LogP contribution in [0.15, 0.2) is 78.9 Å². The van der Waals surface area contributed by atoms with E-state index in [9.17, 15) is 14.0 Å². The smallest absolute Gasteiger partial charge is 0.358 e. The molecule has 0 saturated heterocycles. The van der Waals surface area contributed by atoms with Gasteiger partial charge in [0.2, 0.25) is 0 Å². The molecule has 4 aromatic rings. The molecule has 1 amide bonds. The molecule has 0 aliphatic rings. The van der Waals surface area contributed by atoms with Crippen LogP contribution in [0.25, 0.3) is 16.9 Å². The fourth-order valence-electron chi connectivity index (χ4n) is 3.45. The minimum atomic E-state index is -0.595. The Morgan fingerprint density at radius 3 is 2.55 bits per heavy atom. The van der Waals surface area contributed by atoms with Gasteiger partial charge in [0.15, 0.2) is 5.69 Å². The maximum Gasteiger partial charge on any atom is 0.358 e. The second-order valence-electron chi connectivity index (χ2n) is 7.40. The molecule has 0 saturated carbocycles. The molecule has 0 bridgehead atoms. The molecule has 6 nitrogen and oxygen atoms in total. The molecule has 1 aromatic heterocycles. The number of aromatic nitrogens is 2. The average molecular weight is 443 g/mol. The van der Waals surface area contributed by atoms with Gasteiger partial charge in [-0.15, -0.1) is 0 Å². The first-order chi connectivity index (χ1) is 16.0. The van der Waals surface area contributed by atoms with Crippen LogP contribution in [0.3, 0.4) is 0 Å². The Labute approximate surface area is 190 Å². The van der Waals surface area contributed by atoms with Gasteiger partial charge in [-0.1, -0.05) is 36.4 Å². The van der Waals surface area contributed by atoms with E-state index in [2.05, 4.69) is 10.4 Å². The number of aryl methyl sites for hydroxylation is 1. The number of esters is 1. The number of carbonyl (C=O) groups excluding carboxylic acids is 2. The fourth-order valence-corrected chi connectivity index (χ4v) is 3.45. The van der Waals surface area contributed by atoms with Crippen LogP contribution in [0.5, 0.6) is 0 Å². The number of rotatable bonds is 6. The Bertz CT molecular complexity index is 1330. The highest BCUT2D eigenvalue weighted by molar-refractivity contribution is 6.04. The zero-order chi connectivity index (χ0) is 23.4. The zero-order valence-corrected chi connectivity index (χ0v) is 18.2. The summed E-state index contributed by atoms with van der Waals surface area (Å²) >= 11 is 0. The van der Waals surface area contributed by atoms with Crippen molar-refractivity contribution in [3.8, 4) is 16.9 Å². The van der Waals surface area contributed by atoms with E-state index in [0.29, 0.717) is 16.9 Å². The Morgan fingerprint density at radius 2 is 1.79 bits per heavy atom. The van der Waals surface area contributed by atoms with Crippen LogP contribution in [0.4, 0.5) is 10.1 Å². The van der Waals surface area contributed by atoms with E-state index >= 15 is 0 Å². The van der Waals surface area contributed by atoms with Gasteiger partial charge in [0.1, 0.15) is 5.82 Å². The van der Waals surface area contributed by atoms with Gasteiger partial charge >= 0.3 is 5.97 Å². The summed E-state index contributed by atoms with van der Waals surface area (Å²) in [5.74, 6) is -1.67. The summed E-state index contributed by atoms with van der Waals surface area (Å²) in [6.07, 6.45) is 0. The molecule has 0 atom stereocenters. The lowest BCUT2D eigenvalue weighted by Gasteiger charge is -2.11. The van der Waals surface area contributed by atoms with E-state index < -0.39 is 17.7 Å². The molecule has 1 heterocycles. The van der Waals surface area contributed by atoms with Crippen LogP contribution in [0.1, 0.15) is 33.3 Å². The largest absolute Gasteiger partial charge is 0.461 e. The SMILES string of the molecule is CCOC(=O)c1cc(-c2cccc(NC(=O)c3ccccc3F)c2)n(-c2cccc(C)c2)n1. The summed E-state index contributed by atoms with van der Waals surface area (Å²) in [6, 6.07) is 22.2. The van der Waals surface area contributed by atoms with E-state index in [-0.39, 0.29) is 17.9 Å². The molecule has 0 spiro atoms. The monoisotopic (exact) mass is 443 g/mol. The van der Waals surface area contributed by atoms with Crippen LogP contribution in [0.2, 0.25) is 0 Å². The van der Waals surface area contributed by atoms with E-state index in [4.69, 9.17) is 4.74 Å². The lowest BCUT2D eigenvalue weighted by molar-refractivity contribution is 0.0519. The van der Waals surface area contributed by atoms with Gasteiger partial charge in [-0.25, -0.2) is 13.9 Å².